The van der Waals surface area contributed by atoms with Gasteiger partial charge in [0.25, 0.3) is 0 Å². The Morgan fingerprint density at radius 1 is 1.60 bits per heavy atom. The van der Waals surface area contributed by atoms with Gasteiger partial charge >= 0.3 is 0 Å². The lowest BCUT2D eigenvalue weighted by molar-refractivity contribution is 0.348. The van der Waals surface area contributed by atoms with E-state index < -0.39 is 0 Å². The van der Waals surface area contributed by atoms with Gasteiger partial charge in [-0.15, -0.1) is 0 Å². The highest BCUT2D eigenvalue weighted by atomic mass is 16.1. The minimum atomic E-state index is 0.0111. The molecule has 1 atom stereocenters. The van der Waals surface area contributed by atoms with E-state index in [-0.39, 0.29) is 11.5 Å². The Labute approximate surface area is 88.0 Å². The first kappa shape index (κ1) is 9.89. The largest absolute Gasteiger partial charge is 0.298 e. The lowest BCUT2D eigenvalue weighted by Crippen LogP contribution is -2.23. The lowest BCUT2D eigenvalue weighted by atomic mass is 10.3. The van der Waals surface area contributed by atoms with E-state index in [4.69, 9.17) is 0 Å². The van der Waals surface area contributed by atoms with Crippen LogP contribution in [0.4, 0.5) is 0 Å². The van der Waals surface area contributed by atoms with Crippen molar-refractivity contribution in [3.8, 4) is 0 Å². The molecule has 1 unspecified atom stereocenters. The minimum absolute atomic E-state index is 0.0111. The number of rotatable bonds is 2. The molecule has 5 heteroatoms. The molecule has 5 nitrogen and oxygen atoms in total. The average Bonchev–Trinajstić information content (AvgIpc) is 2.66. The Balaban J connectivity index is 2.30. The minimum Gasteiger partial charge on any atom is -0.298 e. The van der Waals surface area contributed by atoms with Crippen LogP contribution >= 0.6 is 0 Å². The van der Waals surface area contributed by atoms with Gasteiger partial charge in [0.1, 0.15) is 11.7 Å². The molecule has 2 heterocycles. The summed E-state index contributed by atoms with van der Waals surface area (Å²) in [5, 5.41) is 10.3. The highest BCUT2D eigenvalue weighted by Crippen LogP contribution is 2.09. The Kier molecular flexibility index (Phi) is 2.53. The molecule has 0 spiro atoms. The van der Waals surface area contributed by atoms with E-state index in [1.54, 1.807) is 16.9 Å². The van der Waals surface area contributed by atoms with Crippen LogP contribution in [-0.4, -0.2) is 34.6 Å². The zero-order valence-electron chi connectivity index (χ0n) is 8.92. The first-order valence-electron chi connectivity index (χ1n) is 5.04. The van der Waals surface area contributed by atoms with Crippen molar-refractivity contribution in [2.24, 2.45) is 5.10 Å². The van der Waals surface area contributed by atoms with E-state index in [0.29, 0.717) is 12.1 Å². The van der Waals surface area contributed by atoms with Gasteiger partial charge in [-0.25, -0.2) is 0 Å². The summed E-state index contributed by atoms with van der Waals surface area (Å²) < 4.78 is 1.80. The number of nitrogens with zero attached hydrogens (tertiary/aromatic N) is 4. The number of likely N-dealkylation sites (N-methyl/N-ethyl adjacent to an activating group) is 1. The van der Waals surface area contributed by atoms with Gasteiger partial charge in [0.2, 0.25) is 5.43 Å². The molecule has 0 aliphatic carbocycles. The van der Waals surface area contributed by atoms with Crippen LogP contribution in [0.3, 0.4) is 0 Å². The summed E-state index contributed by atoms with van der Waals surface area (Å²) in [5.41, 5.74) is 0.623. The van der Waals surface area contributed by atoms with E-state index >= 15 is 0 Å². The zero-order valence-corrected chi connectivity index (χ0v) is 8.92. The van der Waals surface area contributed by atoms with Crippen LogP contribution < -0.4 is 5.43 Å². The lowest BCUT2D eigenvalue weighted by Gasteiger charge is -2.13. The highest BCUT2D eigenvalue weighted by molar-refractivity contribution is 5.64. The van der Waals surface area contributed by atoms with E-state index in [2.05, 4.69) is 10.2 Å². The normalized spacial score (nSPS) is 19.9. The first-order chi connectivity index (χ1) is 7.20. The molecule has 1 aliphatic rings. The predicted molar refractivity (Wildman–Crippen MR) is 58.0 cm³/mol. The van der Waals surface area contributed by atoms with Crippen molar-refractivity contribution in [1.82, 2.24) is 14.8 Å². The quantitative estimate of drug-likeness (QED) is 0.698. The van der Waals surface area contributed by atoms with Crippen LogP contribution in [0.15, 0.2) is 22.2 Å². The van der Waals surface area contributed by atoms with Crippen molar-refractivity contribution in [3.63, 3.8) is 0 Å². The number of aromatic nitrogens is 2. The second-order valence-corrected chi connectivity index (χ2v) is 3.63. The Morgan fingerprint density at radius 3 is 3.00 bits per heavy atom. The third-order valence-electron chi connectivity index (χ3n) is 2.46. The van der Waals surface area contributed by atoms with Crippen molar-refractivity contribution in [2.75, 3.05) is 13.6 Å². The standard InChI is InChI=1S/C10H14N4O/c1-3-9-10(15)4-5-14(12-9)8-6-11-13(2)7-8/h4-6,8H,3,7H2,1-2H3. The molecular weight excluding hydrogens is 192 g/mol. The number of aryl methyl sites for hydroxylation is 1. The van der Waals surface area contributed by atoms with E-state index in [1.165, 1.54) is 0 Å². The summed E-state index contributed by atoms with van der Waals surface area (Å²) in [4.78, 5) is 11.4. The molecule has 1 aromatic rings. The van der Waals surface area contributed by atoms with Crippen LogP contribution in [0.5, 0.6) is 0 Å². The Hall–Kier alpha value is -1.65. The fraction of sp³-hybridized carbons (Fsp3) is 0.500. The van der Waals surface area contributed by atoms with Crippen molar-refractivity contribution in [2.45, 2.75) is 19.4 Å². The molecule has 0 saturated heterocycles. The molecule has 0 aromatic carbocycles. The van der Waals surface area contributed by atoms with Gasteiger partial charge in [-0.05, 0) is 6.42 Å². The summed E-state index contributed by atoms with van der Waals surface area (Å²) in [7, 11) is 1.92. The molecule has 0 saturated carbocycles. The number of hydrogen-bond donors (Lipinski definition) is 0. The van der Waals surface area contributed by atoms with Crippen molar-refractivity contribution in [1.29, 1.82) is 0 Å². The molecule has 15 heavy (non-hydrogen) atoms. The number of hydrazone groups is 1. The van der Waals surface area contributed by atoms with Gasteiger partial charge in [-0.3, -0.25) is 14.5 Å². The monoisotopic (exact) mass is 206 g/mol. The second kappa shape index (κ2) is 3.84. The molecule has 0 fully saturated rings. The van der Waals surface area contributed by atoms with Crippen LogP contribution in [-0.2, 0) is 6.42 Å². The molecule has 0 bridgehead atoms. The van der Waals surface area contributed by atoms with E-state index in [9.17, 15) is 4.79 Å². The summed E-state index contributed by atoms with van der Waals surface area (Å²) in [6, 6.07) is 1.71. The molecular formula is C10H14N4O. The Bertz CT molecular complexity index is 437. The first-order valence-corrected chi connectivity index (χ1v) is 5.04. The summed E-state index contributed by atoms with van der Waals surface area (Å²) in [6.07, 6.45) is 4.23. The fourth-order valence-corrected chi connectivity index (χ4v) is 1.60. The molecule has 2 rings (SSSR count). The van der Waals surface area contributed by atoms with Gasteiger partial charge in [0.05, 0.1) is 12.8 Å². The smallest absolute Gasteiger partial charge is 0.203 e. The van der Waals surface area contributed by atoms with E-state index in [0.717, 1.165) is 6.54 Å². The third-order valence-corrected chi connectivity index (χ3v) is 2.46. The summed E-state index contributed by atoms with van der Waals surface area (Å²) >= 11 is 0. The van der Waals surface area contributed by atoms with Crippen molar-refractivity contribution >= 4 is 6.21 Å². The zero-order chi connectivity index (χ0) is 10.8. The van der Waals surface area contributed by atoms with E-state index in [1.807, 2.05) is 25.2 Å². The van der Waals surface area contributed by atoms with Gasteiger partial charge in [-0.1, -0.05) is 6.92 Å². The average molecular weight is 206 g/mol. The number of hydrogen-bond acceptors (Lipinski definition) is 4. The molecule has 0 radical (unpaired) electrons. The topological polar surface area (TPSA) is 50.5 Å². The van der Waals surface area contributed by atoms with Crippen LogP contribution in [0.1, 0.15) is 18.7 Å². The van der Waals surface area contributed by atoms with Gasteiger partial charge in [0, 0.05) is 19.3 Å². The summed E-state index contributed by atoms with van der Waals surface area (Å²) in [5.74, 6) is 0. The highest BCUT2D eigenvalue weighted by Gasteiger charge is 2.16. The molecule has 1 aliphatic heterocycles. The van der Waals surface area contributed by atoms with Crippen LogP contribution in [0.25, 0.3) is 0 Å². The summed E-state index contributed by atoms with van der Waals surface area (Å²) in [6.45, 7) is 2.74. The fourth-order valence-electron chi connectivity index (χ4n) is 1.60. The Morgan fingerprint density at radius 2 is 2.40 bits per heavy atom. The van der Waals surface area contributed by atoms with Crippen molar-refractivity contribution in [3.05, 3.63) is 28.2 Å². The van der Waals surface area contributed by atoms with Crippen LogP contribution in [0, 0.1) is 0 Å². The van der Waals surface area contributed by atoms with Gasteiger partial charge in [-0.2, -0.15) is 10.2 Å². The molecule has 0 amide bonds. The molecule has 1 aromatic heterocycles. The maximum Gasteiger partial charge on any atom is 0.203 e. The van der Waals surface area contributed by atoms with Crippen molar-refractivity contribution < 1.29 is 0 Å². The van der Waals surface area contributed by atoms with Gasteiger partial charge < -0.3 is 0 Å². The SMILES string of the molecule is CCc1nn(C2C=NN(C)C2)ccc1=O. The second-order valence-electron chi connectivity index (χ2n) is 3.63. The third kappa shape index (κ3) is 1.91. The molecule has 80 valence electrons. The van der Waals surface area contributed by atoms with Crippen LogP contribution in [0.2, 0.25) is 0 Å². The predicted octanol–water partition coefficient (Wildman–Crippen LogP) is 0.278. The molecule has 0 N–H and O–H groups in total. The maximum atomic E-state index is 11.4. The maximum absolute atomic E-state index is 11.4. The van der Waals surface area contributed by atoms with Gasteiger partial charge in [0.15, 0.2) is 0 Å².